The van der Waals surface area contributed by atoms with Gasteiger partial charge in [-0.3, -0.25) is 10.1 Å². The molecule has 2 aromatic carbocycles. The van der Waals surface area contributed by atoms with E-state index in [4.69, 9.17) is 9.72 Å². The van der Waals surface area contributed by atoms with Crippen molar-refractivity contribution in [1.82, 2.24) is 29.5 Å². The van der Waals surface area contributed by atoms with Gasteiger partial charge in [0.15, 0.2) is 11.5 Å². The molecule has 192 valence electrons. The first kappa shape index (κ1) is 21.9. The number of H-pyrrole nitrogens is 1. The van der Waals surface area contributed by atoms with Crippen LogP contribution in [0.1, 0.15) is 0 Å². The van der Waals surface area contributed by atoms with Gasteiger partial charge >= 0.3 is 0 Å². The fourth-order valence-electron chi connectivity index (χ4n) is 5.62. The van der Waals surface area contributed by atoms with Crippen molar-refractivity contribution in [3.05, 3.63) is 85.7 Å². The Kier molecular flexibility index (Phi) is 4.90. The molecule has 0 amide bonds. The highest BCUT2D eigenvalue weighted by molar-refractivity contribution is 5.84. The first-order valence-electron chi connectivity index (χ1n) is 13.0. The Balaban J connectivity index is 1.08. The molecule has 0 saturated carbocycles. The van der Waals surface area contributed by atoms with Crippen LogP contribution < -0.4 is 19.9 Å². The van der Waals surface area contributed by atoms with Gasteiger partial charge in [-0.2, -0.15) is 5.10 Å². The lowest BCUT2D eigenvalue weighted by Gasteiger charge is -2.46. The van der Waals surface area contributed by atoms with E-state index < -0.39 is 0 Å². The molecule has 39 heavy (non-hydrogen) atoms. The van der Waals surface area contributed by atoms with Crippen LogP contribution in [0.3, 0.4) is 0 Å². The Labute approximate surface area is 223 Å². The molecule has 6 aromatic rings. The predicted octanol–water partition coefficient (Wildman–Crippen LogP) is 4.50. The first-order chi connectivity index (χ1) is 19.3. The van der Waals surface area contributed by atoms with Crippen LogP contribution in [0.5, 0.6) is 5.75 Å². The summed E-state index contributed by atoms with van der Waals surface area (Å²) >= 11 is 0. The minimum Gasteiger partial charge on any atom is -0.489 e. The lowest BCUT2D eigenvalue weighted by molar-refractivity contribution is 0.255. The molecule has 2 aliphatic rings. The van der Waals surface area contributed by atoms with E-state index in [1.165, 1.54) is 5.69 Å². The summed E-state index contributed by atoms with van der Waals surface area (Å²) in [6.45, 7) is 3.46. The van der Waals surface area contributed by atoms with Gasteiger partial charge in [0.05, 0.1) is 29.1 Å². The third-order valence-electron chi connectivity index (χ3n) is 7.59. The van der Waals surface area contributed by atoms with E-state index in [2.05, 4.69) is 77.7 Å². The lowest BCUT2D eigenvalue weighted by atomic mass is 10.1. The quantitative estimate of drug-likeness (QED) is 0.354. The number of aromatic amines is 1. The van der Waals surface area contributed by atoms with Crippen LogP contribution in [-0.2, 0) is 0 Å². The van der Waals surface area contributed by atoms with E-state index in [9.17, 15) is 0 Å². The number of hydrogen-bond acceptors (Lipinski definition) is 8. The van der Waals surface area contributed by atoms with Crippen molar-refractivity contribution in [3.8, 4) is 17.0 Å². The van der Waals surface area contributed by atoms with E-state index in [0.29, 0.717) is 18.5 Å². The Morgan fingerprint density at radius 3 is 2.90 bits per heavy atom. The minimum absolute atomic E-state index is 0.299. The van der Waals surface area contributed by atoms with Crippen molar-refractivity contribution in [2.24, 2.45) is 0 Å². The number of piperazine rings is 1. The van der Waals surface area contributed by atoms with Gasteiger partial charge in [0.25, 0.3) is 0 Å². The molecule has 1 unspecified atom stereocenters. The number of anilines is 4. The zero-order valence-corrected chi connectivity index (χ0v) is 21.0. The summed E-state index contributed by atoms with van der Waals surface area (Å²) in [6, 6.07) is 16.9. The molecule has 0 bridgehead atoms. The third-order valence-corrected chi connectivity index (χ3v) is 7.59. The normalized spacial score (nSPS) is 16.7. The molecule has 10 nitrogen and oxygen atoms in total. The van der Waals surface area contributed by atoms with Gasteiger partial charge in [0, 0.05) is 79.0 Å². The van der Waals surface area contributed by atoms with Crippen LogP contribution in [0.4, 0.5) is 22.9 Å². The van der Waals surface area contributed by atoms with E-state index >= 15 is 0 Å². The largest absolute Gasteiger partial charge is 0.489 e. The summed E-state index contributed by atoms with van der Waals surface area (Å²) in [7, 11) is 0. The van der Waals surface area contributed by atoms with Gasteiger partial charge < -0.3 is 24.3 Å². The van der Waals surface area contributed by atoms with E-state index in [1.54, 1.807) is 6.20 Å². The number of aromatic nitrogens is 6. The third kappa shape index (κ3) is 3.80. The molecule has 4 aromatic heterocycles. The van der Waals surface area contributed by atoms with Crippen molar-refractivity contribution in [2.45, 2.75) is 6.04 Å². The van der Waals surface area contributed by atoms with Crippen LogP contribution in [-0.4, -0.2) is 61.8 Å². The van der Waals surface area contributed by atoms with Crippen molar-refractivity contribution in [3.63, 3.8) is 0 Å². The second kappa shape index (κ2) is 8.73. The average Bonchev–Trinajstić information content (AvgIpc) is 3.66. The van der Waals surface area contributed by atoms with E-state index in [-0.39, 0.29) is 0 Å². The predicted molar refractivity (Wildman–Crippen MR) is 151 cm³/mol. The van der Waals surface area contributed by atoms with E-state index in [1.807, 2.05) is 41.5 Å². The second-order valence-electron chi connectivity index (χ2n) is 9.92. The zero-order valence-electron chi connectivity index (χ0n) is 21.0. The molecule has 0 radical (unpaired) electrons. The number of rotatable bonds is 4. The fraction of sp³-hybridized carbons (Fsp3) is 0.172. The van der Waals surface area contributed by atoms with Crippen LogP contribution in [0.25, 0.3) is 27.8 Å². The molecular formula is C29H25N9O. The summed E-state index contributed by atoms with van der Waals surface area (Å²) in [6.07, 6.45) is 11.2. The standard InChI is InChI=1S/C29H25N9O/c1-2-20-15-32-35-24(20)13-19(1)25-17-37-10-9-31-29(37)28(34-25)33-21-3-4-26-27(14-21)39-18-23-16-36(11-12-38(23)26)22-5-7-30-8-6-22/h1-10,13-15,17,23H,11-12,16,18H2,(H,32,35)(H,33,34). The molecule has 0 spiro atoms. The number of pyridine rings is 1. The van der Waals surface area contributed by atoms with Crippen LogP contribution in [0.15, 0.2) is 85.7 Å². The maximum absolute atomic E-state index is 6.28. The molecule has 2 aliphatic heterocycles. The number of nitrogens with zero attached hydrogens (tertiary/aromatic N) is 7. The Bertz CT molecular complexity index is 1810. The smallest absolute Gasteiger partial charge is 0.180 e. The number of ether oxygens (including phenoxy) is 1. The molecule has 0 aliphatic carbocycles. The molecule has 1 atom stereocenters. The van der Waals surface area contributed by atoms with Gasteiger partial charge in [-0.1, -0.05) is 12.1 Å². The van der Waals surface area contributed by atoms with Crippen LogP contribution in [0.2, 0.25) is 0 Å². The number of nitrogens with one attached hydrogen (secondary N) is 2. The maximum Gasteiger partial charge on any atom is 0.180 e. The fourth-order valence-corrected chi connectivity index (χ4v) is 5.62. The van der Waals surface area contributed by atoms with E-state index in [0.717, 1.165) is 64.6 Å². The number of hydrogen-bond donors (Lipinski definition) is 2. The maximum atomic E-state index is 6.28. The molecule has 1 fully saturated rings. The summed E-state index contributed by atoms with van der Waals surface area (Å²) < 4.78 is 8.27. The summed E-state index contributed by atoms with van der Waals surface area (Å²) in [5.41, 5.74) is 6.81. The topological polar surface area (TPSA) is 99.5 Å². The molecule has 6 heterocycles. The summed E-state index contributed by atoms with van der Waals surface area (Å²) in [5, 5.41) is 11.7. The number of benzene rings is 2. The molecule has 10 heteroatoms. The first-order valence-corrected chi connectivity index (χ1v) is 13.0. The average molecular weight is 516 g/mol. The highest BCUT2D eigenvalue weighted by atomic mass is 16.5. The minimum atomic E-state index is 0.299. The lowest BCUT2D eigenvalue weighted by Crippen LogP contribution is -2.57. The number of imidazole rings is 1. The Morgan fingerprint density at radius 1 is 1.00 bits per heavy atom. The summed E-state index contributed by atoms with van der Waals surface area (Å²) in [5.74, 6) is 1.57. The number of fused-ring (bicyclic) bond motifs is 5. The molecule has 2 N–H and O–H groups in total. The van der Waals surface area contributed by atoms with Crippen molar-refractivity contribution >= 4 is 39.4 Å². The monoisotopic (exact) mass is 515 g/mol. The SMILES string of the molecule is c1cc(N2CCN3c4ccc(Nc5nc(-c6ccc7cn[nH]c7c6)cn6ccnc56)cc4OCC3C2)ccn1. The second-order valence-corrected chi connectivity index (χ2v) is 9.92. The van der Waals surface area contributed by atoms with Crippen molar-refractivity contribution < 1.29 is 4.74 Å². The Hall–Kier alpha value is -5.12. The highest BCUT2D eigenvalue weighted by Crippen LogP contribution is 2.38. The van der Waals surface area contributed by atoms with Gasteiger partial charge in [-0.05, 0) is 30.3 Å². The molecule has 8 rings (SSSR count). The van der Waals surface area contributed by atoms with Crippen LogP contribution in [0, 0.1) is 0 Å². The van der Waals surface area contributed by atoms with Crippen LogP contribution >= 0.6 is 0 Å². The highest BCUT2D eigenvalue weighted by Gasteiger charge is 2.33. The Morgan fingerprint density at radius 2 is 1.95 bits per heavy atom. The zero-order chi connectivity index (χ0) is 25.8. The summed E-state index contributed by atoms with van der Waals surface area (Å²) in [4.78, 5) is 18.5. The van der Waals surface area contributed by atoms with Crippen molar-refractivity contribution in [2.75, 3.05) is 41.4 Å². The van der Waals surface area contributed by atoms with Gasteiger partial charge in [0.2, 0.25) is 0 Å². The van der Waals surface area contributed by atoms with Gasteiger partial charge in [-0.15, -0.1) is 0 Å². The van der Waals surface area contributed by atoms with Gasteiger partial charge in [0.1, 0.15) is 12.4 Å². The van der Waals surface area contributed by atoms with Crippen molar-refractivity contribution in [1.29, 1.82) is 0 Å². The van der Waals surface area contributed by atoms with Gasteiger partial charge in [-0.25, -0.2) is 9.97 Å². The molecule has 1 saturated heterocycles. The molecular weight excluding hydrogens is 490 g/mol.